The average molecular weight is 398 g/mol. The molecular formula is C20H19FN4O2S. The van der Waals surface area contributed by atoms with E-state index in [-0.39, 0.29) is 18.3 Å². The van der Waals surface area contributed by atoms with Crippen molar-refractivity contribution in [2.75, 3.05) is 5.73 Å². The number of carbonyl (C=O) groups is 1. The number of rotatable bonds is 7. The van der Waals surface area contributed by atoms with Gasteiger partial charge in [0.1, 0.15) is 23.1 Å². The Hall–Kier alpha value is -3.26. The van der Waals surface area contributed by atoms with E-state index >= 15 is 0 Å². The van der Waals surface area contributed by atoms with Gasteiger partial charge in [0.25, 0.3) is 5.91 Å². The number of thiazole rings is 1. The number of halogens is 1. The lowest BCUT2D eigenvalue weighted by Gasteiger charge is -2.09. The summed E-state index contributed by atoms with van der Waals surface area (Å²) in [7, 11) is 0. The standard InChI is InChI=1S/C20H19FN4O2S/c1-2-16-18(28-20(22)24-16)19(26)25-23-11-14-5-3-4-6-17(14)27-12-13-7-9-15(21)10-8-13/h3-11H,2,12H2,1H3,(H2,22,24)(H,25,26). The largest absolute Gasteiger partial charge is 0.488 e. The van der Waals surface area contributed by atoms with Gasteiger partial charge in [0, 0.05) is 5.56 Å². The van der Waals surface area contributed by atoms with E-state index in [1.165, 1.54) is 18.3 Å². The summed E-state index contributed by atoms with van der Waals surface area (Å²) in [5.41, 5.74) is 10.4. The number of nitrogen functional groups attached to an aromatic ring is 1. The van der Waals surface area contributed by atoms with Gasteiger partial charge in [-0.3, -0.25) is 4.79 Å². The molecule has 0 radical (unpaired) electrons. The molecule has 0 aliphatic rings. The third-order valence-corrected chi connectivity index (χ3v) is 4.78. The summed E-state index contributed by atoms with van der Waals surface area (Å²) in [6.45, 7) is 2.20. The van der Waals surface area contributed by atoms with Crippen LogP contribution in [0.15, 0.2) is 53.6 Å². The van der Waals surface area contributed by atoms with Crippen molar-refractivity contribution >= 4 is 28.6 Å². The lowest BCUT2D eigenvalue weighted by molar-refractivity contribution is 0.0958. The first kappa shape index (κ1) is 19.5. The number of hydrazone groups is 1. The summed E-state index contributed by atoms with van der Waals surface area (Å²) in [4.78, 5) is 16.9. The zero-order valence-electron chi connectivity index (χ0n) is 15.2. The molecule has 0 saturated carbocycles. The summed E-state index contributed by atoms with van der Waals surface area (Å²) < 4.78 is 18.8. The predicted octanol–water partition coefficient (Wildman–Crippen LogP) is 3.77. The van der Waals surface area contributed by atoms with Crippen LogP contribution in [0.4, 0.5) is 9.52 Å². The van der Waals surface area contributed by atoms with E-state index in [2.05, 4.69) is 15.5 Å². The summed E-state index contributed by atoms with van der Waals surface area (Å²) >= 11 is 1.13. The Balaban J connectivity index is 1.65. The van der Waals surface area contributed by atoms with E-state index in [1.54, 1.807) is 18.2 Å². The van der Waals surface area contributed by atoms with Gasteiger partial charge in [0.15, 0.2) is 5.13 Å². The molecule has 0 unspecified atom stereocenters. The van der Waals surface area contributed by atoms with Gasteiger partial charge in [-0.15, -0.1) is 0 Å². The molecule has 6 nitrogen and oxygen atoms in total. The first-order valence-corrected chi connectivity index (χ1v) is 9.43. The van der Waals surface area contributed by atoms with Crippen molar-refractivity contribution < 1.29 is 13.9 Å². The Morgan fingerprint density at radius 2 is 2.04 bits per heavy atom. The van der Waals surface area contributed by atoms with Crippen LogP contribution in [0.5, 0.6) is 5.75 Å². The third kappa shape index (κ3) is 4.92. The van der Waals surface area contributed by atoms with E-state index in [0.29, 0.717) is 33.4 Å². The van der Waals surface area contributed by atoms with Gasteiger partial charge in [-0.05, 0) is 36.2 Å². The van der Waals surface area contributed by atoms with Crippen LogP contribution in [0.1, 0.15) is 33.4 Å². The molecule has 0 bridgehead atoms. The molecule has 1 heterocycles. The molecule has 8 heteroatoms. The zero-order valence-corrected chi connectivity index (χ0v) is 16.0. The molecule has 0 aliphatic heterocycles. The normalized spacial score (nSPS) is 10.9. The predicted molar refractivity (Wildman–Crippen MR) is 108 cm³/mol. The van der Waals surface area contributed by atoms with Gasteiger partial charge >= 0.3 is 0 Å². The molecule has 0 aliphatic carbocycles. The molecular weight excluding hydrogens is 379 g/mol. The highest BCUT2D eigenvalue weighted by Gasteiger charge is 2.15. The minimum Gasteiger partial charge on any atom is -0.488 e. The molecule has 3 N–H and O–H groups in total. The minimum absolute atomic E-state index is 0.289. The second-order valence-electron chi connectivity index (χ2n) is 5.83. The van der Waals surface area contributed by atoms with Gasteiger partial charge in [0.05, 0.1) is 11.9 Å². The Kier molecular flexibility index (Phi) is 6.33. The molecule has 3 rings (SSSR count). The van der Waals surface area contributed by atoms with E-state index < -0.39 is 0 Å². The Morgan fingerprint density at radius 1 is 1.29 bits per heavy atom. The van der Waals surface area contributed by atoms with Crippen molar-refractivity contribution in [3.8, 4) is 5.75 Å². The number of aromatic nitrogens is 1. The molecule has 144 valence electrons. The number of amides is 1. The van der Waals surface area contributed by atoms with Crippen molar-refractivity contribution in [1.82, 2.24) is 10.4 Å². The van der Waals surface area contributed by atoms with Gasteiger partial charge in [-0.1, -0.05) is 42.5 Å². The van der Waals surface area contributed by atoms with E-state index in [4.69, 9.17) is 10.5 Å². The van der Waals surface area contributed by atoms with Crippen molar-refractivity contribution in [3.63, 3.8) is 0 Å². The number of anilines is 1. The second kappa shape index (κ2) is 9.09. The highest BCUT2D eigenvalue weighted by Crippen LogP contribution is 2.21. The monoisotopic (exact) mass is 398 g/mol. The molecule has 0 saturated heterocycles. The molecule has 3 aromatic rings. The number of aryl methyl sites for hydroxylation is 1. The van der Waals surface area contributed by atoms with Crippen LogP contribution in [-0.4, -0.2) is 17.1 Å². The molecule has 1 amide bonds. The summed E-state index contributed by atoms with van der Waals surface area (Å²) in [5, 5.41) is 4.37. The molecule has 2 aromatic carbocycles. The smallest absolute Gasteiger partial charge is 0.283 e. The van der Waals surface area contributed by atoms with Crippen LogP contribution in [0.25, 0.3) is 0 Å². The van der Waals surface area contributed by atoms with Crippen molar-refractivity contribution in [3.05, 3.63) is 76.0 Å². The van der Waals surface area contributed by atoms with E-state index in [1.807, 2.05) is 25.1 Å². The van der Waals surface area contributed by atoms with Crippen LogP contribution in [0, 0.1) is 5.82 Å². The molecule has 1 aromatic heterocycles. The minimum atomic E-state index is -0.355. The molecule has 0 spiro atoms. The van der Waals surface area contributed by atoms with Gasteiger partial charge < -0.3 is 10.5 Å². The molecule has 28 heavy (non-hydrogen) atoms. The van der Waals surface area contributed by atoms with Crippen molar-refractivity contribution in [2.45, 2.75) is 20.0 Å². The molecule has 0 fully saturated rings. The maximum Gasteiger partial charge on any atom is 0.283 e. The number of nitrogens with zero attached hydrogens (tertiary/aromatic N) is 2. The fourth-order valence-electron chi connectivity index (χ4n) is 2.46. The highest BCUT2D eigenvalue weighted by atomic mass is 32.1. The zero-order chi connectivity index (χ0) is 19.9. The Labute approximate surface area is 165 Å². The quantitative estimate of drug-likeness (QED) is 0.468. The fourth-order valence-corrected chi connectivity index (χ4v) is 3.27. The number of ether oxygens (including phenoxy) is 1. The maximum atomic E-state index is 13.0. The number of nitrogens with two attached hydrogens (primary N) is 1. The number of benzene rings is 2. The van der Waals surface area contributed by atoms with Gasteiger partial charge in [0.2, 0.25) is 0 Å². The summed E-state index contributed by atoms with van der Waals surface area (Å²) in [6, 6.07) is 13.4. The van der Waals surface area contributed by atoms with E-state index in [0.717, 1.165) is 16.9 Å². The van der Waals surface area contributed by atoms with Crippen LogP contribution < -0.4 is 15.9 Å². The molecule has 0 atom stereocenters. The number of hydrogen-bond acceptors (Lipinski definition) is 6. The lowest BCUT2D eigenvalue weighted by Crippen LogP contribution is -2.17. The van der Waals surface area contributed by atoms with Crippen LogP contribution >= 0.6 is 11.3 Å². The number of nitrogens with one attached hydrogen (secondary N) is 1. The number of carbonyl (C=O) groups excluding carboxylic acids is 1. The Bertz CT molecular complexity index is 986. The first-order chi connectivity index (χ1) is 13.6. The summed E-state index contributed by atoms with van der Waals surface area (Å²) in [6.07, 6.45) is 2.12. The number of para-hydroxylation sites is 1. The topological polar surface area (TPSA) is 89.6 Å². The van der Waals surface area contributed by atoms with Gasteiger partial charge in [-0.2, -0.15) is 5.10 Å². The van der Waals surface area contributed by atoms with E-state index in [9.17, 15) is 9.18 Å². The third-order valence-electron chi connectivity index (χ3n) is 3.85. The van der Waals surface area contributed by atoms with Crippen LogP contribution in [0.2, 0.25) is 0 Å². The number of hydrogen-bond donors (Lipinski definition) is 2. The maximum absolute atomic E-state index is 13.0. The lowest BCUT2D eigenvalue weighted by atomic mass is 10.2. The van der Waals surface area contributed by atoms with Crippen molar-refractivity contribution in [1.29, 1.82) is 0 Å². The van der Waals surface area contributed by atoms with Gasteiger partial charge in [-0.25, -0.2) is 14.8 Å². The van der Waals surface area contributed by atoms with Crippen molar-refractivity contribution in [2.24, 2.45) is 5.10 Å². The fraction of sp³-hybridized carbons (Fsp3) is 0.150. The Morgan fingerprint density at radius 3 is 2.79 bits per heavy atom. The summed E-state index contributed by atoms with van der Waals surface area (Å²) in [5.74, 6) is -0.0472. The highest BCUT2D eigenvalue weighted by molar-refractivity contribution is 7.17. The first-order valence-electron chi connectivity index (χ1n) is 8.61. The van der Waals surface area contributed by atoms with Crippen LogP contribution in [-0.2, 0) is 13.0 Å². The second-order valence-corrected chi connectivity index (χ2v) is 6.86. The average Bonchev–Trinajstić information content (AvgIpc) is 3.09. The SMILES string of the molecule is CCc1nc(N)sc1C(=O)NN=Cc1ccccc1OCc1ccc(F)cc1. The van der Waals surface area contributed by atoms with Crippen LogP contribution in [0.3, 0.4) is 0 Å².